The fourth-order valence-corrected chi connectivity index (χ4v) is 2.30. The van der Waals surface area contributed by atoms with E-state index in [1.165, 1.54) is 6.33 Å². The first kappa shape index (κ1) is 11.8. The monoisotopic (exact) mass is 235 g/mol. The van der Waals surface area contributed by atoms with Crippen LogP contribution in [0.4, 0.5) is 5.82 Å². The van der Waals surface area contributed by atoms with Gasteiger partial charge in [-0.05, 0) is 19.8 Å². The van der Waals surface area contributed by atoms with Gasteiger partial charge in [-0.3, -0.25) is 4.79 Å². The second kappa shape index (κ2) is 4.31. The van der Waals surface area contributed by atoms with Gasteiger partial charge in [-0.1, -0.05) is 6.92 Å². The van der Waals surface area contributed by atoms with Gasteiger partial charge in [0.25, 0.3) is 0 Å². The van der Waals surface area contributed by atoms with Crippen molar-refractivity contribution >= 4 is 11.8 Å². The van der Waals surface area contributed by atoms with Crippen LogP contribution in [0.5, 0.6) is 0 Å². The maximum Gasteiger partial charge on any atom is 0.311 e. The normalized spacial score (nSPS) is 24.0. The van der Waals surface area contributed by atoms with Gasteiger partial charge < -0.3 is 10.0 Å². The zero-order valence-corrected chi connectivity index (χ0v) is 10.2. The van der Waals surface area contributed by atoms with Crippen molar-refractivity contribution in [3.05, 3.63) is 18.1 Å². The Hall–Kier alpha value is -1.65. The summed E-state index contributed by atoms with van der Waals surface area (Å²) in [6, 6.07) is 1.90. The molecule has 17 heavy (non-hydrogen) atoms. The van der Waals surface area contributed by atoms with Gasteiger partial charge in [0.05, 0.1) is 5.41 Å². The van der Waals surface area contributed by atoms with Gasteiger partial charge in [0.1, 0.15) is 12.1 Å². The molecule has 0 bridgehead atoms. The number of carboxylic acid groups (broad SMARTS) is 1. The predicted octanol–water partition coefficient (Wildman–Crippen LogP) is 1.48. The van der Waals surface area contributed by atoms with E-state index >= 15 is 0 Å². The van der Waals surface area contributed by atoms with E-state index in [2.05, 4.69) is 9.97 Å². The van der Waals surface area contributed by atoms with Crippen LogP contribution < -0.4 is 4.90 Å². The van der Waals surface area contributed by atoms with Crippen molar-refractivity contribution in [2.45, 2.75) is 26.7 Å². The second-order valence-corrected chi connectivity index (χ2v) is 4.63. The number of aliphatic carboxylic acids is 1. The first-order valence-electron chi connectivity index (χ1n) is 5.84. The van der Waals surface area contributed by atoms with Crippen LogP contribution in [0.1, 0.15) is 25.5 Å². The van der Waals surface area contributed by atoms with Gasteiger partial charge in [-0.25, -0.2) is 9.97 Å². The van der Waals surface area contributed by atoms with Crippen LogP contribution in [-0.2, 0) is 4.79 Å². The minimum Gasteiger partial charge on any atom is -0.481 e. The standard InChI is InChI=1S/C12H17N3O2/c1-3-12(11(16)17)4-5-15(7-12)10-6-9(2)13-8-14-10/h6,8H,3-5,7H2,1-2H3,(H,16,17). The molecular weight excluding hydrogens is 218 g/mol. The highest BCUT2D eigenvalue weighted by atomic mass is 16.4. The summed E-state index contributed by atoms with van der Waals surface area (Å²) in [5.41, 5.74) is 0.290. The zero-order valence-electron chi connectivity index (χ0n) is 10.2. The molecule has 1 N–H and O–H groups in total. The minimum absolute atomic E-state index is 0.537. The molecule has 1 atom stereocenters. The molecule has 2 rings (SSSR count). The number of aryl methyl sites for hydroxylation is 1. The van der Waals surface area contributed by atoms with Gasteiger partial charge in [0.15, 0.2) is 0 Å². The summed E-state index contributed by atoms with van der Waals surface area (Å²) >= 11 is 0. The summed E-state index contributed by atoms with van der Waals surface area (Å²) in [6.07, 6.45) is 2.86. The molecule has 1 saturated heterocycles. The first-order valence-corrected chi connectivity index (χ1v) is 5.84. The minimum atomic E-state index is -0.701. The summed E-state index contributed by atoms with van der Waals surface area (Å²) < 4.78 is 0. The number of nitrogens with zero attached hydrogens (tertiary/aromatic N) is 3. The lowest BCUT2D eigenvalue weighted by atomic mass is 9.84. The third-order valence-corrected chi connectivity index (χ3v) is 3.60. The van der Waals surface area contributed by atoms with E-state index < -0.39 is 11.4 Å². The summed E-state index contributed by atoms with van der Waals surface area (Å²) in [4.78, 5) is 21.6. The van der Waals surface area contributed by atoms with Gasteiger partial charge in [0, 0.05) is 24.8 Å². The van der Waals surface area contributed by atoms with Crippen LogP contribution in [0, 0.1) is 12.3 Å². The number of hydrogen-bond donors (Lipinski definition) is 1. The number of aromatic nitrogens is 2. The largest absolute Gasteiger partial charge is 0.481 e. The molecule has 1 aliphatic rings. The third-order valence-electron chi connectivity index (χ3n) is 3.60. The number of carbonyl (C=O) groups is 1. The molecule has 0 aromatic carbocycles. The molecule has 0 saturated carbocycles. The Morgan fingerprint density at radius 1 is 1.59 bits per heavy atom. The fourth-order valence-electron chi connectivity index (χ4n) is 2.30. The van der Waals surface area contributed by atoms with Crippen LogP contribution in [0.15, 0.2) is 12.4 Å². The Balaban J connectivity index is 2.20. The van der Waals surface area contributed by atoms with Crippen LogP contribution >= 0.6 is 0 Å². The summed E-state index contributed by atoms with van der Waals surface area (Å²) in [6.45, 7) is 5.13. The van der Waals surface area contributed by atoms with E-state index in [0.717, 1.165) is 18.1 Å². The maximum atomic E-state index is 11.3. The van der Waals surface area contributed by atoms with Crippen molar-refractivity contribution in [1.29, 1.82) is 0 Å². The Bertz CT molecular complexity index is 436. The van der Waals surface area contributed by atoms with Crippen molar-refractivity contribution in [3.8, 4) is 0 Å². The van der Waals surface area contributed by atoms with Crippen LogP contribution in [-0.4, -0.2) is 34.1 Å². The predicted molar refractivity (Wildman–Crippen MR) is 64.0 cm³/mol. The van der Waals surface area contributed by atoms with E-state index in [0.29, 0.717) is 19.4 Å². The molecule has 0 radical (unpaired) electrons. The topological polar surface area (TPSA) is 66.3 Å². The van der Waals surface area contributed by atoms with Crippen LogP contribution in [0.3, 0.4) is 0 Å². The molecular formula is C12H17N3O2. The van der Waals surface area contributed by atoms with Gasteiger partial charge in [-0.2, -0.15) is 0 Å². The average Bonchev–Trinajstić information content (AvgIpc) is 2.74. The number of anilines is 1. The first-order chi connectivity index (χ1) is 8.07. The van der Waals surface area contributed by atoms with Crippen molar-refractivity contribution in [2.24, 2.45) is 5.41 Å². The van der Waals surface area contributed by atoms with Gasteiger partial charge >= 0.3 is 5.97 Å². The van der Waals surface area contributed by atoms with Crippen molar-refractivity contribution < 1.29 is 9.90 Å². The van der Waals surface area contributed by atoms with E-state index in [1.54, 1.807) is 0 Å². The SMILES string of the molecule is CCC1(C(=O)O)CCN(c2cc(C)ncn2)C1. The molecule has 0 aliphatic carbocycles. The molecule has 1 fully saturated rings. The number of hydrogen-bond acceptors (Lipinski definition) is 4. The Morgan fingerprint density at radius 2 is 2.35 bits per heavy atom. The lowest BCUT2D eigenvalue weighted by Crippen LogP contribution is -2.34. The Morgan fingerprint density at radius 3 is 2.88 bits per heavy atom. The fraction of sp³-hybridized carbons (Fsp3) is 0.583. The molecule has 5 heteroatoms. The summed E-state index contributed by atoms with van der Waals surface area (Å²) in [5, 5.41) is 9.32. The molecule has 92 valence electrons. The van der Waals surface area contributed by atoms with Crippen molar-refractivity contribution in [2.75, 3.05) is 18.0 Å². The van der Waals surface area contributed by atoms with Crippen molar-refractivity contribution in [1.82, 2.24) is 9.97 Å². The van der Waals surface area contributed by atoms with Gasteiger partial charge in [0.2, 0.25) is 0 Å². The molecule has 1 aromatic rings. The number of carboxylic acids is 1. The lowest BCUT2D eigenvalue weighted by molar-refractivity contribution is -0.147. The second-order valence-electron chi connectivity index (χ2n) is 4.63. The van der Waals surface area contributed by atoms with E-state index in [-0.39, 0.29) is 0 Å². The van der Waals surface area contributed by atoms with E-state index in [1.807, 2.05) is 24.8 Å². The maximum absolute atomic E-state index is 11.3. The molecule has 2 heterocycles. The highest BCUT2D eigenvalue weighted by molar-refractivity contribution is 5.76. The zero-order chi connectivity index (χ0) is 12.5. The highest BCUT2D eigenvalue weighted by Crippen LogP contribution is 2.35. The third kappa shape index (κ3) is 2.09. The highest BCUT2D eigenvalue weighted by Gasteiger charge is 2.43. The van der Waals surface area contributed by atoms with Crippen LogP contribution in [0.25, 0.3) is 0 Å². The van der Waals surface area contributed by atoms with E-state index in [9.17, 15) is 9.90 Å². The van der Waals surface area contributed by atoms with Crippen LogP contribution in [0.2, 0.25) is 0 Å². The Kier molecular flexibility index (Phi) is 3.00. The van der Waals surface area contributed by atoms with Gasteiger partial charge in [-0.15, -0.1) is 0 Å². The molecule has 1 aliphatic heterocycles. The molecule has 1 unspecified atom stereocenters. The molecule has 5 nitrogen and oxygen atoms in total. The quantitative estimate of drug-likeness (QED) is 0.859. The smallest absolute Gasteiger partial charge is 0.311 e. The molecule has 1 aromatic heterocycles. The Labute approximate surface area is 100 Å². The van der Waals surface area contributed by atoms with E-state index in [4.69, 9.17) is 0 Å². The average molecular weight is 235 g/mol. The summed E-state index contributed by atoms with van der Waals surface area (Å²) in [7, 11) is 0. The summed E-state index contributed by atoms with van der Waals surface area (Å²) in [5.74, 6) is 0.127. The molecule has 0 spiro atoms. The number of rotatable bonds is 3. The van der Waals surface area contributed by atoms with Crippen molar-refractivity contribution in [3.63, 3.8) is 0 Å². The molecule has 0 amide bonds. The lowest BCUT2D eigenvalue weighted by Gasteiger charge is -2.23.